The van der Waals surface area contributed by atoms with E-state index < -0.39 is 66.8 Å². The van der Waals surface area contributed by atoms with Gasteiger partial charge in [-0.25, -0.2) is 4.98 Å². The average Bonchev–Trinajstić information content (AvgIpc) is 3.75. The highest BCUT2D eigenvalue weighted by Gasteiger charge is 2.37. The lowest BCUT2D eigenvalue weighted by Gasteiger charge is -2.20. The summed E-state index contributed by atoms with van der Waals surface area (Å²) < 4.78 is 122. The van der Waals surface area contributed by atoms with Crippen molar-refractivity contribution in [2.45, 2.75) is 78.3 Å². The standard InChI is InChI=1S/C47H47N5O/c1-45(2,3)31-16-18-34(19-17-31)50-30-51(40-14-11-10-13-39(40)50)35-25-33(47(7,8)9)26-37(28-35)53-36-20-21-38-42(29-36)52(41-15-12-23-49-44(38)41)43-27-32(22-24-48-43)46(4,5)6/h10-29H,1-9H3/q+2/i1D3,2D3,3D3,16D,17D,18D,19D. The van der Waals surface area contributed by atoms with E-state index in [4.69, 9.17) is 32.5 Å². The van der Waals surface area contributed by atoms with Crippen LogP contribution in [0.1, 0.15) is 96.6 Å². The van der Waals surface area contributed by atoms with Crippen molar-refractivity contribution in [1.29, 1.82) is 0 Å². The van der Waals surface area contributed by atoms with Gasteiger partial charge in [-0.05, 0) is 84.6 Å². The molecule has 3 aromatic heterocycles. The smallest absolute Gasteiger partial charge is 0.457 e. The minimum atomic E-state index is -3.81. The van der Waals surface area contributed by atoms with E-state index in [1.807, 2.05) is 75.5 Å². The van der Waals surface area contributed by atoms with Crippen LogP contribution < -0.4 is 13.9 Å². The molecule has 264 valence electrons. The lowest BCUT2D eigenvalue weighted by Crippen LogP contribution is -2.12. The van der Waals surface area contributed by atoms with Gasteiger partial charge in [0.05, 0.1) is 28.1 Å². The topological polar surface area (TPSA) is 46.0 Å². The van der Waals surface area contributed by atoms with Gasteiger partial charge in [0.15, 0.2) is 0 Å². The van der Waals surface area contributed by atoms with Gasteiger partial charge in [-0.3, -0.25) is 9.55 Å². The summed E-state index contributed by atoms with van der Waals surface area (Å²) in [6.45, 7) is 1.18. The molecule has 0 fully saturated rings. The van der Waals surface area contributed by atoms with Crippen LogP contribution in [-0.2, 0) is 16.2 Å². The van der Waals surface area contributed by atoms with Crippen molar-refractivity contribution < 1.29 is 22.6 Å². The first-order valence-electron chi connectivity index (χ1n) is 23.8. The predicted molar refractivity (Wildman–Crippen MR) is 220 cm³/mol. The third-order valence-corrected chi connectivity index (χ3v) is 9.36. The zero-order valence-corrected chi connectivity index (χ0v) is 30.4. The number of aromatic nitrogens is 3. The Kier molecular flexibility index (Phi) is 5.21. The molecule has 8 rings (SSSR count). The molecule has 6 heteroatoms. The van der Waals surface area contributed by atoms with Crippen LogP contribution in [0.15, 0.2) is 121 Å². The Balaban J connectivity index is 1.32. The van der Waals surface area contributed by atoms with E-state index in [2.05, 4.69) is 37.4 Å². The molecule has 0 saturated carbocycles. The molecule has 0 unspecified atom stereocenters. The first-order chi connectivity index (χ1) is 30.6. The number of ether oxygens (including phenoxy) is 1. The van der Waals surface area contributed by atoms with Crippen molar-refractivity contribution in [3.05, 3.63) is 138 Å². The summed E-state index contributed by atoms with van der Waals surface area (Å²) in [7, 11) is 0. The van der Waals surface area contributed by atoms with E-state index in [9.17, 15) is 0 Å². The maximum Gasteiger partial charge on any atom is 0.503 e. The van der Waals surface area contributed by atoms with Crippen molar-refractivity contribution in [1.82, 2.24) is 23.7 Å². The summed E-state index contributed by atoms with van der Waals surface area (Å²) in [5.41, 5.74) is 0.0136. The van der Waals surface area contributed by atoms with Crippen LogP contribution >= 0.6 is 0 Å². The van der Waals surface area contributed by atoms with Gasteiger partial charge >= 0.3 is 6.01 Å². The second kappa shape index (κ2) is 12.4. The number of fused-ring (bicyclic) bond motifs is 4. The number of benzene rings is 4. The minimum Gasteiger partial charge on any atom is -0.457 e. The van der Waals surface area contributed by atoms with E-state index in [-0.39, 0.29) is 5.41 Å². The summed E-state index contributed by atoms with van der Waals surface area (Å²) >= 11 is 0. The van der Waals surface area contributed by atoms with Crippen LogP contribution in [0.3, 0.4) is 0 Å². The Morgan fingerprint density at radius 3 is 2.04 bits per heavy atom. The van der Waals surface area contributed by atoms with Crippen LogP contribution in [0.5, 0.6) is 11.5 Å². The number of rotatable bonds is 5. The Bertz CT molecular complexity index is 3130. The lowest BCUT2D eigenvalue weighted by atomic mass is 9.86. The van der Waals surface area contributed by atoms with Gasteiger partial charge in [-0.2, -0.15) is 0 Å². The summed E-state index contributed by atoms with van der Waals surface area (Å²) in [5, 5.41) is 0.908. The molecule has 0 radical (unpaired) electrons. The molecule has 0 bridgehead atoms. The molecular weight excluding hydrogens is 651 g/mol. The fraction of sp³-hybridized carbons (Fsp3) is 0.255. The van der Waals surface area contributed by atoms with Gasteiger partial charge in [0, 0.05) is 66.5 Å². The maximum atomic E-state index is 9.15. The fourth-order valence-corrected chi connectivity index (χ4v) is 6.49. The van der Waals surface area contributed by atoms with Gasteiger partial charge in [0.2, 0.25) is 11.4 Å². The molecule has 0 N–H and O–H groups in total. The van der Waals surface area contributed by atoms with E-state index in [0.29, 0.717) is 28.6 Å². The molecule has 4 aromatic carbocycles. The first kappa shape index (κ1) is 22.3. The number of pyridine rings is 2. The molecular formula is C47H47N5O+2. The van der Waals surface area contributed by atoms with E-state index in [1.165, 1.54) is 4.58 Å². The Morgan fingerprint density at radius 2 is 1.34 bits per heavy atom. The zero-order valence-electron chi connectivity index (χ0n) is 43.4. The Hall–Kier alpha value is -5.84. The summed E-state index contributed by atoms with van der Waals surface area (Å²) in [4.78, 5) is 9.51. The maximum absolute atomic E-state index is 9.15. The molecule has 7 aromatic rings. The zero-order chi connectivity index (χ0) is 48.3. The molecule has 1 aliphatic heterocycles. The quantitative estimate of drug-likeness (QED) is 0.167. The highest BCUT2D eigenvalue weighted by Crippen LogP contribution is 2.41. The minimum absolute atomic E-state index is 0.121. The van der Waals surface area contributed by atoms with E-state index in [0.717, 1.165) is 38.9 Å². The lowest BCUT2D eigenvalue weighted by molar-refractivity contribution is 0.479. The van der Waals surface area contributed by atoms with Crippen LogP contribution in [0.2, 0.25) is 0 Å². The normalized spacial score (nSPS) is 17.6. The number of hydrogen-bond acceptors (Lipinski definition) is 3. The van der Waals surface area contributed by atoms with E-state index in [1.54, 1.807) is 41.1 Å². The number of nitrogens with zero attached hydrogens (tertiary/aromatic N) is 5. The third kappa shape index (κ3) is 6.34. The second-order valence-electron chi connectivity index (χ2n) is 15.3. The van der Waals surface area contributed by atoms with Gasteiger partial charge < -0.3 is 4.74 Å². The summed E-state index contributed by atoms with van der Waals surface area (Å²) in [6.07, 6.45) is 3.57. The van der Waals surface area contributed by atoms with Crippen LogP contribution in [0.4, 0.5) is 22.7 Å². The van der Waals surface area contributed by atoms with Gasteiger partial charge in [-0.15, -0.1) is 0 Å². The molecule has 4 heterocycles. The van der Waals surface area contributed by atoms with Crippen molar-refractivity contribution in [2.75, 3.05) is 0 Å². The van der Waals surface area contributed by atoms with Crippen molar-refractivity contribution in [3.63, 3.8) is 0 Å². The summed E-state index contributed by atoms with van der Waals surface area (Å²) in [6, 6.07) is 25.6. The van der Waals surface area contributed by atoms with E-state index >= 15 is 0 Å². The van der Waals surface area contributed by atoms with Crippen LogP contribution in [-0.4, -0.2) is 20.5 Å². The molecule has 53 heavy (non-hydrogen) atoms. The highest BCUT2D eigenvalue weighted by molar-refractivity contribution is 6.07. The molecule has 1 aliphatic rings. The molecule has 0 saturated heterocycles. The highest BCUT2D eigenvalue weighted by atomic mass is 16.5. The molecule has 0 amide bonds. The average molecular weight is 711 g/mol. The fourth-order valence-electron chi connectivity index (χ4n) is 6.49. The molecule has 0 atom stereocenters. The summed E-state index contributed by atoms with van der Waals surface area (Å²) in [5.74, 6) is 1.72. The van der Waals surface area contributed by atoms with Gasteiger partial charge in [0.1, 0.15) is 17.3 Å². The van der Waals surface area contributed by atoms with Crippen molar-refractivity contribution >= 4 is 50.7 Å². The third-order valence-electron chi connectivity index (χ3n) is 9.36. The molecule has 0 aliphatic carbocycles. The van der Waals surface area contributed by atoms with Crippen LogP contribution in [0.25, 0.3) is 27.8 Å². The van der Waals surface area contributed by atoms with Gasteiger partial charge in [0.25, 0.3) is 11.4 Å². The van der Waals surface area contributed by atoms with Crippen LogP contribution in [0, 0.1) is 0 Å². The number of hydrogen-bond donors (Lipinski definition) is 0. The first-order valence-corrected chi connectivity index (χ1v) is 17.3. The monoisotopic (exact) mass is 710 g/mol. The predicted octanol–water partition coefficient (Wildman–Crippen LogP) is 12.1. The van der Waals surface area contributed by atoms with Crippen molar-refractivity contribution in [2.24, 2.45) is 0 Å². The largest absolute Gasteiger partial charge is 0.503 e. The number of para-hydroxylation sites is 2. The van der Waals surface area contributed by atoms with Gasteiger partial charge in [-0.1, -0.05) is 86.3 Å². The Morgan fingerprint density at radius 1 is 0.623 bits per heavy atom. The molecule has 0 spiro atoms. The Labute approximate surface area is 330 Å². The SMILES string of the molecule is [2H]c1c([2H])c(C(C([2H])([2H])[2H])(C([2H])([2H])[2H])C([2H])([2H])[2H])c([2H])c([2H])c1[N+]1=C=[N+](c2cc(Oc3ccc4c5ncccc5n(-c5cc(C(C)(C)C)ccn5)c4c3)cc(C(C)(C)C)c2)c2ccccc21. The second-order valence-corrected chi connectivity index (χ2v) is 15.3. The van der Waals surface area contributed by atoms with Crippen molar-refractivity contribution in [3.8, 4) is 17.3 Å². The molecule has 6 nitrogen and oxygen atoms in total.